The second-order valence-electron chi connectivity index (χ2n) is 9.14. The molecule has 2 aliphatic heterocycles. The molecule has 16 heteroatoms. The summed E-state index contributed by atoms with van der Waals surface area (Å²) in [7, 11) is 0. The number of likely N-dealkylation sites (tertiary alicyclic amines) is 1. The first kappa shape index (κ1) is 32.7. The lowest BCUT2D eigenvalue weighted by Gasteiger charge is -2.53. The molecule has 2 aromatic rings. The smallest absolute Gasteiger partial charge is 0.477 e. The second kappa shape index (κ2) is 14.2. The number of aryl methyl sites for hydroxylation is 1. The van der Waals surface area contributed by atoms with E-state index in [9.17, 15) is 26.3 Å². The Morgan fingerprint density at radius 2 is 1.70 bits per heavy atom. The van der Waals surface area contributed by atoms with Crippen LogP contribution < -0.4 is 4.74 Å². The molecule has 4 rings (SSSR count). The zero-order chi connectivity index (χ0) is 30.0. The van der Waals surface area contributed by atoms with Crippen LogP contribution >= 0.6 is 0 Å². The molecule has 0 radical (unpaired) electrons. The van der Waals surface area contributed by atoms with Crippen LogP contribution in [0.15, 0.2) is 36.9 Å². The van der Waals surface area contributed by atoms with Crippen molar-refractivity contribution in [2.24, 2.45) is 5.92 Å². The number of halogens is 6. The van der Waals surface area contributed by atoms with E-state index in [4.69, 9.17) is 29.3 Å². The second-order valence-corrected chi connectivity index (χ2v) is 9.14. The number of hydrogen-bond acceptors (Lipinski definition) is 8. The normalized spacial score (nSPS) is 18.3. The minimum absolute atomic E-state index is 0.0499. The highest BCUT2D eigenvalue weighted by Gasteiger charge is 2.47. The summed E-state index contributed by atoms with van der Waals surface area (Å²) in [5.41, 5.74) is 2.20. The molecule has 10 nitrogen and oxygen atoms in total. The molecule has 2 saturated heterocycles. The first-order valence-corrected chi connectivity index (χ1v) is 11.9. The van der Waals surface area contributed by atoms with E-state index in [-0.39, 0.29) is 5.60 Å². The van der Waals surface area contributed by atoms with Crippen LogP contribution in [0.25, 0.3) is 0 Å². The van der Waals surface area contributed by atoms with Crippen LogP contribution in [0, 0.1) is 12.8 Å². The number of pyridine rings is 1. The summed E-state index contributed by atoms with van der Waals surface area (Å²) in [5.74, 6) is -4.24. The zero-order valence-electron chi connectivity index (χ0n) is 21.3. The van der Waals surface area contributed by atoms with Crippen LogP contribution in [-0.4, -0.2) is 86.3 Å². The summed E-state index contributed by atoms with van der Waals surface area (Å²) in [6, 6.07) is 4.13. The van der Waals surface area contributed by atoms with Crippen molar-refractivity contribution >= 4 is 11.9 Å². The Morgan fingerprint density at radius 1 is 1.07 bits per heavy atom. The van der Waals surface area contributed by atoms with Crippen LogP contribution in [0.4, 0.5) is 26.3 Å². The van der Waals surface area contributed by atoms with Gasteiger partial charge in [-0.3, -0.25) is 14.9 Å². The van der Waals surface area contributed by atoms with Gasteiger partial charge >= 0.3 is 24.3 Å². The van der Waals surface area contributed by atoms with Gasteiger partial charge in [-0.25, -0.2) is 14.6 Å². The van der Waals surface area contributed by atoms with E-state index in [1.807, 2.05) is 25.4 Å². The predicted octanol–water partition coefficient (Wildman–Crippen LogP) is 3.90. The number of hydrogen-bond donors (Lipinski definition) is 2. The van der Waals surface area contributed by atoms with Crippen molar-refractivity contribution in [3.8, 4) is 5.88 Å². The number of carbonyl (C=O) groups is 2. The first-order chi connectivity index (χ1) is 18.6. The fourth-order valence-corrected chi connectivity index (χ4v) is 4.07. The number of nitrogens with zero attached hydrogens (tertiary/aromatic N) is 4. The molecule has 2 N–H and O–H groups in total. The number of carboxylic acids is 2. The van der Waals surface area contributed by atoms with Crippen molar-refractivity contribution in [2.75, 3.05) is 26.3 Å². The van der Waals surface area contributed by atoms with Crippen molar-refractivity contribution < 1.29 is 55.6 Å². The van der Waals surface area contributed by atoms with Crippen LogP contribution in [-0.2, 0) is 20.9 Å². The number of rotatable bonds is 6. The van der Waals surface area contributed by atoms with Crippen molar-refractivity contribution in [1.82, 2.24) is 19.9 Å². The summed E-state index contributed by atoms with van der Waals surface area (Å²) < 4.78 is 75.4. The summed E-state index contributed by atoms with van der Waals surface area (Å²) in [6.07, 6.45) is 0.307. The Hall–Kier alpha value is -3.53. The van der Waals surface area contributed by atoms with Gasteiger partial charge in [-0.2, -0.15) is 26.3 Å². The molecule has 40 heavy (non-hydrogen) atoms. The third-order valence-electron chi connectivity index (χ3n) is 5.74. The Kier molecular flexibility index (Phi) is 11.6. The maximum Gasteiger partial charge on any atom is 0.490 e. The molecule has 0 bridgehead atoms. The van der Waals surface area contributed by atoms with E-state index in [1.165, 1.54) is 5.56 Å². The summed E-state index contributed by atoms with van der Waals surface area (Å²) in [5, 5.41) is 14.2. The quantitative estimate of drug-likeness (QED) is 0.483. The van der Waals surface area contributed by atoms with Gasteiger partial charge < -0.3 is 19.7 Å². The standard InChI is InChI=1S/C20H26N4O2.2C2HF3O2/c1-16-10-22-12-19(23-16)25-7-4-17-5-8-26-20(9-17)14-24(15-20)13-18-3-2-6-21-11-18;2*3-2(4,5)1(6)7/h2-3,6,10-12,17H,4-5,7-9,13-15H2,1H3;2*(H,6,7). The van der Waals surface area contributed by atoms with Crippen LogP contribution in [0.2, 0.25) is 0 Å². The highest BCUT2D eigenvalue weighted by atomic mass is 19.4. The molecule has 0 saturated carbocycles. The van der Waals surface area contributed by atoms with Gasteiger partial charge in [0.05, 0.1) is 24.1 Å². The average Bonchev–Trinajstić information content (AvgIpc) is 2.84. The molecule has 1 unspecified atom stereocenters. The Balaban J connectivity index is 0.000000333. The highest BCUT2D eigenvalue weighted by molar-refractivity contribution is 5.73. The predicted molar refractivity (Wildman–Crippen MR) is 125 cm³/mol. The largest absolute Gasteiger partial charge is 0.490 e. The van der Waals surface area contributed by atoms with Gasteiger partial charge in [-0.15, -0.1) is 0 Å². The third kappa shape index (κ3) is 11.3. The van der Waals surface area contributed by atoms with Crippen LogP contribution in [0.5, 0.6) is 5.88 Å². The van der Waals surface area contributed by atoms with Gasteiger partial charge in [-0.1, -0.05) is 6.07 Å². The first-order valence-electron chi connectivity index (χ1n) is 11.9. The van der Waals surface area contributed by atoms with Gasteiger partial charge in [0.15, 0.2) is 0 Å². The van der Waals surface area contributed by atoms with Crippen molar-refractivity contribution in [2.45, 2.75) is 50.7 Å². The molecule has 2 fully saturated rings. The average molecular weight is 582 g/mol. The zero-order valence-corrected chi connectivity index (χ0v) is 21.3. The maximum absolute atomic E-state index is 10.6. The van der Waals surface area contributed by atoms with Crippen LogP contribution in [0.1, 0.15) is 30.5 Å². The van der Waals surface area contributed by atoms with Crippen molar-refractivity contribution in [3.05, 3.63) is 48.2 Å². The molecule has 4 heterocycles. The summed E-state index contributed by atoms with van der Waals surface area (Å²) in [6.45, 7) is 6.47. The van der Waals surface area contributed by atoms with Gasteiger partial charge in [0, 0.05) is 44.8 Å². The molecule has 0 aliphatic carbocycles. The molecular weight excluding hydrogens is 554 g/mol. The molecule has 2 aliphatic rings. The van der Waals surface area contributed by atoms with E-state index in [2.05, 4.69) is 25.9 Å². The van der Waals surface area contributed by atoms with E-state index in [1.54, 1.807) is 12.4 Å². The number of carboxylic acid groups (broad SMARTS) is 2. The molecule has 1 spiro atoms. The molecule has 1 atom stereocenters. The lowest BCUT2D eigenvalue weighted by molar-refractivity contribution is -0.193. The number of aliphatic carboxylic acids is 2. The van der Waals surface area contributed by atoms with Crippen LogP contribution in [0.3, 0.4) is 0 Å². The monoisotopic (exact) mass is 582 g/mol. The summed E-state index contributed by atoms with van der Waals surface area (Å²) >= 11 is 0. The third-order valence-corrected chi connectivity index (χ3v) is 5.74. The van der Waals surface area contributed by atoms with E-state index < -0.39 is 24.3 Å². The Labute approximate surface area is 225 Å². The molecule has 2 aromatic heterocycles. The van der Waals surface area contributed by atoms with E-state index in [0.717, 1.165) is 51.2 Å². The maximum atomic E-state index is 10.6. The minimum Gasteiger partial charge on any atom is -0.477 e. The molecule has 0 aromatic carbocycles. The highest BCUT2D eigenvalue weighted by Crippen LogP contribution is 2.38. The van der Waals surface area contributed by atoms with Gasteiger partial charge in [0.2, 0.25) is 5.88 Å². The number of ether oxygens (including phenoxy) is 2. The van der Waals surface area contributed by atoms with E-state index >= 15 is 0 Å². The lowest BCUT2D eigenvalue weighted by Crippen LogP contribution is -2.64. The Morgan fingerprint density at radius 3 is 2.23 bits per heavy atom. The molecule has 222 valence electrons. The summed E-state index contributed by atoms with van der Waals surface area (Å²) in [4.78, 5) is 32.9. The number of alkyl halides is 6. The van der Waals surface area contributed by atoms with Gasteiger partial charge in [0.25, 0.3) is 0 Å². The fraction of sp³-hybridized carbons (Fsp3) is 0.542. The van der Waals surface area contributed by atoms with Crippen molar-refractivity contribution in [3.63, 3.8) is 0 Å². The SMILES string of the molecule is Cc1cncc(OCCC2CCOC3(C2)CN(Cc2cccnc2)C3)n1.O=C(O)C(F)(F)F.O=C(O)C(F)(F)F. The fourth-order valence-electron chi connectivity index (χ4n) is 4.07. The molecular formula is C24H28F6N4O6. The van der Waals surface area contributed by atoms with Gasteiger partial charge in [-0.05, 0) is 43.7 Å². The Bertz CT molecular complexity index is 1070. The molecule has 0 amide bonds. The lowest BCUT2D eigenvalue weighted by atomic mass is 9.79. The van der Waals surface area contributed by atoms with E-state index in [0.29, 0.717) is 18.4 Å². The van der Waals surface area contributed by atoms with Gasteiger partial charge in [0.1, 0.15) is 0 Å². The minimum atomic E-state index is -5.08. The van der Waals surface area contributed by atoms with Crippen molar-refractivity contribution in [1.29, 1.82) is 0 Å². The number of aromatic nitrogens is 3. The topological polar surface area (TPSA) is 135 Å².